The Labute approximate surface area is 96.2 Å². The molecule has 0 unspecified atom stereocenters. The molecule has 0 amide bonds. The zero-order valence-corrected chi connectivity index (χ0v) is 9.20. The van der Waals surface area contributed by atoms with Crippen LogP contribution in [-0.2, 0) is 6.18 Å². The summed E-state index contributed by atoms with van der Waals surface area (Å²) in [6.07, 6.45) is -2.92. The Morgan fingerprint density at radius 2 is 1.88 bits per heavy atom. The molecule has 16 heavy (non-hydrogen) atoms. The molecule has 2 rings (SSSR count). The van der Waals surface area contributed by atoms with Gasteiger partial charge in [-0.05, 0) is 34.1 Å². The molecule has 0 N–H and O–H groups in total. The third-order valence-corrected chi connectivity index (χ3v) is 2.16. The second-order valence-electron chi connectivity index (χ2n) is 2.86. The molecular formula is C8H4BrF3N4. The first-order chi connectivity index (χ1) is 7.47. The molecule has 0 fully saturated rings. The molecule has 0 atom stereocenters. The van der Waals surface area contributed by atoms with Crippen LogP contribution in [0.1, 0.15) is 5.69 Å². The Kier molecular flexibility index (Phi) is 2.66. The van der Waals surface area contributed by atoms with E-state index >= 15 is 0 Å². The second kappa shape index (κ2) is 3.85. The lowest BCUT2D eigenvalue weighted by Crippen LogP contribution is -2.10. The number of alkyl halides is 3. The number of halogens is 4. The Hall–Kier alpha value is -1.44. The van der Waals surface area contributed by atoms with Gasteiger partial charge in [0.2, 0.25) is 0 Å². The minimum Gasteiger partial charge on any atom is -0.220 e. The molecule has 0 saturated carbocycles. The maximum absolute atomic E-state index is 12.2. The van der Waals surface area contributed by atoms with Gasteiger partial charge >= 0.3 is 6.18 Å². The largest absolute Gasteiger partial charge is 0.435 e. The Balaban J connectivity index is 2.33. The first-order valence-corrected chi connectivity index (χ1v) is 4.88. The predicted molar refractivity (Wildman–Crippen MR) is 51.9 cm³/mol. The van der Waals surface area contributed by atoms with Crippen molar-refractivity contribution in [2.45, 2.75) is 6.18 Å². The molecule has 0 aliphatic rings. The molecule has 84 valence electrons. The third kappa shape index (κ3) is 2.21. The molecule has 2 aromatic heterocycles. The fraction of sp³-hybridized carbons (Fsp3) is 0.125. The molecule has 4 nitrogen and oxygen atoms in total. The van der Waals surface area contributed by atoms with Crippen LogP contribution in [0.4, 0.5) is 13.2 Å². The van der Waals surface area contributed by atoms with E-state index in [-0.39, 0.29) is 5.82 Å². The minimum absolute atomic E-state index is 0.221. The van der Waals surface area contributed by atoms with Crippen LogP contribution in [0.15, 0.2) is 29.0 Å². The lowest BCUT2D eigenvalue weighted by molar-refractivity contribution is -0.141. The van der Waals surface area contributed by atoms with Crippen molar-refractivity contribution in [2.75, 3.05) is 0 Å². The molecule has 8 heteroatoms. The fourth-order valence-electron chi connectivity index (χ4n) is 1.03. The van der Waals surface area contributed by atoms with Crippen LogP contribution < -0.4 is 0 Å². The first kappa shape index (κ1) is 11.1. The summed E-state index contributed by atoms with van der Waals surface area (Å²) in [5, 5.41) is 10.4. The van der Waals surface area contributed by atoms with Gasteiger partial charge in [0.1, 0.15) is 4.60 Å². The predicted octanol–water partition coefficient (Wildman–Crippen LogP) is 2.44. The van der Waals surface area contributed by atoms with Crippen molar-refractivity contribution in [2.24, 2.45) is 0 Å². The van der Waals surface area contributed by atoms with E-state index in [2.05, 4.69) is 31.2 Å². The summed E-state index contributed by atoms with van der Waals surface area (Å²) in [7, 11) is 0. The molecule has 0 aliphatic heterocycles. The summed E-state index contributed by atoms with van der Waals surface area (Å²) in [4.78, 5) is 0. The number of nitrogens with zero attached hydrogens (tertiary/aromatic N) is 4. The Morgan fingerprint density at radius 1 is 1.12 bits per heavy atom. The summed E-state index contributed by atoms with van der Waals surface area (Å²) < 4.78 is 38.5. The molecule has 2 aromatic rings. The molecule has 0 radical (unpaired) electrons. The van der Waals surface area contributed by atoms with E-state index in [4.69, 9.17) is 0 Å². The lowest BCUT2D eigenvalue weighted by atomic mass is 10.4. The molecule has 0 aromatic carbocycles. The van der Waals surface area contributed by atoms with Gasteiger partial charge in [-0.25, -0.2) is 4.68 Å². The molecular weight excluding hydrogens is 289 g/mol. The van der Waals surface area contributed by atoms with Crippen LogP contribution in [-0.4, -0.2) is 20.0 Å². The molecule has 0 saturated heterocycles. The average Bonchev–Trinajstić information content (AvgIpc) is 2.64. The number of rotatable bonds is 1. The number of hydrogen-bond donors (Lipinski definition) is 0. The first-order valence-electron chi connectivity index (χ1n) is 4.09. The van der Waals surface area contributed by atoms with E-state index in [0.29, 0.717) is 4.60 Å². The Morgan fingerprint density at radius 3 is 2.31 bits per heavy atom. The van der Waals surface area contributed by atoms with Crippen molar-refractivity contribution in [3.63, 3.8) is 0 Å². The van der Waals surface area contributed by atoms with Gasteiger partial charge in [-0.3, -0.25) is 0 Å². The minimum atomic E-state index is -4.48. The van der Waals surface area contributed by atoms with Crippen LogP contribution in [0.2, 0.25) is 0 Å². The van der Waals surface area contributed by atoms with Crippen LogP contribution in [0, 0.1) is 0 Å². The highest BCUT2D eigenvalue weighted by Gasteiger charge is 2.32. The highest BCUT2D eigenvalue weighted by molar-refractivity contribution is 9.10. The Bertz CT molecular complexity index is 491. The highest BCUT2D eigenvalue weighted by atomic mass is 79.9. The standard InChI is InChI=1S/C8H4BrF3N4/c9-6-3-4-16(15-6)7-2-1-5(13-14-7)8(10,11)12/h1-4H. The van der Waals surface area contributed by atoms with E-state index in [1.165, 1.54) is 10.7 Å². The summed E-state index contributed by atoms with van der Waals surface area (Å²) in [6.45, 7) is 0. The van der Waals surface area contributed by atoms with Crippen LogP contribution in [0.5, 0.6) is 0 Å². The average molecular weight is 293 g/mol. The quantitative estimate of drug-likeness (QED) is 0.811. The summed E-state index contributed by atoms with van der Waals surface area (Å²) in [5.74, 6) is 0.221. The van der Waals surface area contributed by atoms with Crippen molar-refractivity contribution in [3.8, 4) is 5.82 Å². The molecule has 0 spiro atoms. The van der Waals surface area contributed by atoms with Crippen molar-refractivity contribution in [1.82, 2.24) is 20.0 Å². The summed E-state index contributed by atoms with van der Waals surface area (Å²) in [5.41, 5.74) is -1.03. The van der Waals surface area contributed by atoms with Gasteiger partial charge in [0.25, 0.3) is 0 Å². The van der Waals surface area contributed by atoms with E-state index in [1.54, 1.807) is 12.3 Å². The van der Waals surface area contributed by atoms with Gasteiger partial charge in [0.05, 0.1) is 0 Å². The van der Waals surface area contributed by atoms with Gasteiger partial charge < -0.3 is 0 Å². The van der Waals surface area contributed by atoms with Crippen molar-refractivity contribution in [1.29, 1.82) is 0 Å². The fourth-order valence-corrected chi connectivity index (χ4v) is 1.32. The van der Waals surface area contributed by atoms with Gasteiger partial charge in [-0.2, -0.15) is 18.3 Å². The summed E-state index contributed by atoms with van der Waals surface area (Å²) in [6, 6.07) is 3.70. The zero-order valence-electron chi connectivity index (χ0n) is 7.61. The SMILES string of the molecule is FC(F)(F)c1ccc(-n2ccc(Br)n2)nn1. The normalized spacial score (nSPS) is 11.8. The van der Waals surface area contributed by atoms with Crippen molar-refractivity contribution >= 4 is 15.9 Å². The zero-order chi connectivity index (χ0) is 11.8. The monoisotopic (exact) mass is 292 g/mol. The number of hydrogen-bond acceptors (Lipinski definition) is 3. The van der Waals surface area contributed by atoms with Gasteiger partial charge in [-0.1, -0.05) is 0 Å². The van der Waals surface area contributed by atoms with E-state index < -0.39 is 11.9 Å². The van der Waals surface area contributed by atoms with Gasteiger partial charge in [0, 0.05) is 6.20 Å². The maximum Gasteiger partial charge on any atom is 0.435 e. The second-order valence-corrected chi connectivity index (χ2v) is 3.67. The topological polar surface area (TPSA) is 43.6 Å². The van der Waals surface area contributed by atoms with Gasteiger partial charge in [0.15, 0.2) is 11.5 Å². The highest BCUT2D eigenvalue weighted by Crippen LogP contribution is 2.26. The summed E-state index contributed by atoms with van der Waals surface area (Å²) >= 11 is 3.12. The van der Waals surface area contributed by atoms with Crippen LogP contribution >= 0.6 is 15.9 Å². The molecule has 0 bridgehead atoms. The van der Waals surface area contributed by atoms with Crippen molar-refractivity contribution in [3.05, 3.63) is 34.7 Å². The smallest absolute Gasteiger partial charge is 0.220 e. The molecule has 0 aliphatic carbocycles. The van der Waals surface area contributed by atoms with Crippen LogP contribution in [0.25, 0.3) is 5.82 Å². The van der Waals surface area contributed by atoms with Gasteiger partial charge in [-0.15, -0.1) is 10.2 Å². The third-order valence-electron chi connectivity index (χ3n) is 1.73. The van der Waals surface area contributed by atoms with Crippen LogP contribution in [0.3, 0.4) is 0 Å². The van der Waals surface area contributed by atoms with E-state index in [9.17, 15) is 13.2 Å². The maximum atomic E-state index is 12.2. The lowest BCUT2D eigenvalue weighted by Gasteiger charge is -2.04. The molecule has 2 heterocycles. The van der Waals surface area contributed by atoms with E-state index in [0.717, 1.165) is 6.07 Å². The number of aromatic nitrogens is 4. The van der Waals surface area contributed by atoms with Crippen molar-refractivity contribution < 1.29 is 13.2 Å². The van der Waals surface area contributed by atoms with E-state index in [1.807, 2.05) is 0 Å².